The summed E-state index contributed by atoms with van der Waals surface area (Å²) >= 11 is 0. The van der Waals surface area contributed by atoms with Gasteiger partial charge in [-0.05, 0) is 13.8 Å². The predicted octanol–water partition coefficient (Wildman–Crippen LogP) is 1.31. The van der Waals surface area contributed by atoms with E-state index in [1.807, 2.05) is 0 Å². The summed E-state index contributed by atoms with van der Waals surface area (Å²) in [6.45, 7) is 1.43. The van der Waals surface area contributed by atoms with Gasteiger partial charge >= 0.3 is 11.8 Å². The first-order valence-electron chi connectivity index (χ1n) is 4.30. The van der Waals surface area contributed by atoms with Crippen molar-refractivity contribution in [2.75, 3.05) is 19.6 Å². The number of nitrogens with two attached hydrogens (primary N) is 1. The van der Waals surface area contributed by atoms with Gasteiger partial charge in [0.15, 0.2) is 0 Å². The maximum Gasteiger partial charge on any atom is 0.323 e. The van der Waals surface area contributed by atoms with Crippen LogP contribution in [0.1, 0.15) is 13.8 Å². The summed E-state index contributed by atoms with van der Waals surface area (Å²) in [5, 5.41) is 0. The number of likely N-dealkylation sites (tertiary alicyclic amines) is 1. The summed E-state index contributed by atoms with van der Waals surface area (Å²) in [5.74, 6) is -7.86. The molecular weight excluding hydrogens is 200 g/mol. The topological polar surface area (TPSA) is 29.3 Å². The maximum atomic E-state index is 12.7. The molecule has 1 saturated heterocycles. The molecule has 0 bridgehead atoms. The van der Waals surface area contributed by atoms with Crippen molar-refractivity contribution in [2.24, 2.45) is 5.73 Å². The summed E-state index contributed by atoms with van der Waals surface area (Å²) in [5.41, 5.74) is 4.82. The minimum Gasteiger partial charge on any atom is -0.324 e. The number of halogens is 4. The standard InChI is InChI=1S/C8H14F4N2/c1-6(2,13)3-14-4-7(9,10)8(11,12)5-14/h3-5,13H2,1-2H3. The lowest BCUT2D eigenvalue weighted by molar-refractivity contribution is -0.172. The Bertz CT molecular complexity index is 206. The number of hydrogen-bond acceptors (Lipinski definition) is 2. The molecule has 2 nitrogen and oxygen atoms in total. The molecule has 2 N–H and O–H groups in total. The van der Waals surface area contributed by atoms with E-state index in [4.69, 9.17) is 5.73 Å². The molecule has 0 unspecified atom stereocenters. The van der Waals surface area contributed by atoms with E-state index in [1.54, 1.807) is 13.8 Å². The lowest BCUT2D eigenvalue weighted by Gasteiger charge is -2.25. The van der Waals surface area contributed by atoms with Crippen LogP contribution in [0.3, 0.4) is 0 Å². The highest BCUT2D eigenvalue weighted by Crippen LogP contribution is 2.40. The highest BCUT2D eigenvalue weighted by molar-refractivity contribution is 4.98. The third kappa shape index (κ3) is 2.36. The first kappa shape index (κ1) is 11.7. The van der Waals surface area contributed by atoms with Gasteiger partial charge in [0.1, 0.15) is 0 Å². The minimum atomic E-state index is -3.93. The van der Waals surface area contributed by atoms with E-state index in [0.29, 0.717) is 0 Å². The van der Waals surface area contributed by atoms with Crippen molar-refractivity contribution < 1.29 is 17.6 Å². The lowest BCUT2D eigenvalue weighted by atomic mass is 10.1. The third-order valence-electron chi connectivity index (χ3n) is 2.01. The predicted molar refractivity (Wildman–Crippen MR) is 44.6 cm³/mol. The van der Waals surface area contributed by atoms with E-state index in [1.165, 1.54) is 0 Å². The van der Waals surface area contributed by atoms with E-state index in [2.05, 4.69) is 0 Å². The number of rotatable bonds is 2. The molecule has 0 aromatic rings. The molecule has 0 radical (unpaired) electrons. The second kappa shape index (κ2) is 3.06. The maximum absolute atomic E-state index is 12.7. The smallest absolute Gasteiger partial charge is 0.323 e. The van der Waals surface area contributed by atoms with Crippen LogP contribution in [0, 0.1) is 0 Å². The van der Waals surface area contributed by atoms with Crippen LogP contribution < -0.4 is 5.73 Å². The van der Waals surface area contributed by atoms with Crippen molar-refractivity contribution >= 4 is 0 Å². The van der Waals surface area contributed by atoms with Crippen molar-refractivity contribution in [3.63, 3.8) is 0 Å². The Hall–Kier alpha value is -0.360. The molecule has 1 fully saturated rings. The Balaban J connectivity index is 2.65. The van der Waals surface area contributed by atoms with Crippen LogP contribution >= 0.6 is 0 Å². The Morgan fingerprint density at radius 1 is 1.14 bits per heavy atom. The average molecular weight is 214 g/mol. The van der Waals surface area contributed by atoms with E-state index in [-0.39, 0.29) is 6.54 Å². The van der Waals surface area contributed by atoms with Crippen molar-refractivity contribution in [2.45, 2.75) is 31.2 Å². The second-order valence-electron chi connectivity index (χ2n) is 4.54. The molecule has 0 aromatic carbocycles. The molecule has 14 heavy (non-hydrogen) atoms. The van der Waals surface area contributed by atoms with Crippen LogP contribution in [0.5, 0.6) is 0 Å². The molecule has 6 heteroatoms. The molecule has 84 valence electrons. The monoisotopic (exact) mass is 214 g/mol. The van der Waals surface area contributed by atoms with Crippen molar-refractivity contribution in [1.82, 2.24) is 4.90 Å². The average Bonchev–Trinajstić information content (AvgIpc) is 1.94. The highest BCUT2D eigenvalue weighted by Gasteiger charge is 2.62. The Morgan fingerprint density at radius 2 is 1.50 bits per heavy atom. The van der Waals surface area contributed by atoms with Gasteiger partial charge in [-0.2, -0.15) is 17.6 Å². The fourth-order valence-electron chi connectivity index (χ4n) is 1.54. The molecular formula is C8H14F4N2. The molecule has 1 rings (SSSR count). The van der Waals surface area contributed by atoms with Gasteiger partial charge in [-0.25, -0.2) is 0 Å². The first-order valence-corrected chi connectivity index (χ1v) is 4.30. The van der Waals surface area contributed by atoms with Gasteiger partial charge in [0.05, 0.1) is 13.1 Å². The summed E-state index contributed by atoms with van der Waals surface area (Å²) in [4.78, 5) is 1.00. The van der Waals surface area contributed by atoms with Gasteiger partial charge < -0.3 is 5.73 Å². The van der Waals surface area contributed by atoms with Gasteiger partial charge in [0.2, 0.25) is 0 Å². The summed E-state index contributed by atoms with van der Waals surface area (Å²) < 4.78 is 50.9. The van der Waals surface area contributed by atoms with E-state index in [9.17, 15) is 17.6 Å². The lowest BCUT2D eigenvalue weighted by Crippen LogP contribution is -2.45. The van der Waals surface area contributed by atoms with Gasteiger partial charge in [-0.3, -0.25) is 4.90 Å². The Labute approximate surface area is 80.0 Å². The molecule has 0 aromatic heterocycles. The van der Waals surface area contributed by atoms with E-state index >= 15 is 0 Å². The second-order valence-corrected chi connectivity index (χ2v) is 4.54. The molecule has 1 heterocycles. The number of alkyl halides is 4. The molecule has 0 amide bonds. The molecule has 0 aliphatic carbocycles. The molecule has 0 spiro atoms. The summed E-state index contributed by atoms with van der Waals surface area (Å²) in [7, 11) is 0. The largest absolute Gasteiger partial charge is 0.324 e. The van der Waals surface area contributed by atoms with E-state index < -0.39 is 30.5 Å². The SMILES string of the molecule is CC(C)(N)CN1CC(F)(F)C(F)(F)C1. The quantitative estimate of drug-likeness (QED) is 0.702. The van der Waals surface area contributed by atoms with Gasteiger partial charge in [-0.1, -0.05) is 0 Å². The minimum absolute atomic E-state index is 0.0399. The zero-order chi connectivity index (χ0) is 11.2. The fourth-order valence-corrected chi connectivity index (χ4v) is 1.54. The molecule has 0 atom stereocenters. The Kier molecular flexibility index (Phi) is 2.56. The number of hydrogen-bond donors (Lipinski definition) is 1. The fraction of sp³-hybridized carbons (Fsp3) is 1.00. The highest BCUT2D eigenvalue weighted by atomic mass is 19.3. The van der Waals surface area contributed by atoms with Crippen molar-refractivity contribution in [1.29, 1.82) is 0 Å². The number of nitrogens with zero attached hydrogens (tertiary/aromatic N) is 1. The van der Waals surface area contributed by atoms with Crippen LogP contribution in [0.15, 0.2) is 0 Å². The van der Waals surface area contributed by atoms with E-state index in [0.717, 1.165) is 4.90 Å². The zero-order valence-electron chi connectivity index (χ0n) is 8.16. The molecule has 0 saturated carbocycles. The molecule has 1 aliphatic rings. The van der Waals surface area contributed by atoms with Crippen LogP contribution in [-0.4, -0.2) is 41.9 Å². The van der Waals surface area contributed by atoms with Crippen LogP contribution in [0.2, 0.25) is 0 Å². The summed E-state index contributed by atoms with van der Waals surface area (Å²) in [6.07, 6.45) is 0. The van der Waals surface area contributed by atoms with Gasteiger partial charge in [0, 0.05) is 12.1 Å². The Morgan fingerprint density at radius 3 is 1.79 bits per heavy atom. The normalized spacial score (nSPS) is 26.8. The van der Waals surface area contributed by atoms with Gasteiger partial charge in [-0.15, -0.1) is 0 Å². The van der Waals surface area contributed by atoms with Crippen molar-refractivity contribution in [3.05, 3.63) is 0 Å². The summed E-state index contributed by atoms with van der Waals surface area (Å²) in [6, 6.07) is 0. The van der Waals surface area contributed by atoms with Gasteiger partial charge in [0.25, 0.3) is 0 Å². The van der Waals surface area contributed by atoms with Crippen LogP contribution in [0.25, 0.3) is 0 Å². The van der Waals surface area contributed by atoms with Crippen LogP contribution in [-0.2, 0) is 0 Å². The van der Waals surface area contributed by atoms with Crippen molar-refractivity contribution in [3.8, 4) is 0 Å². The van der Waals surface area contributed by atoms with Crippen LogP contribution in [0.4, 0.5) is 17.6 Å². The molecule has 1 aliphatic heterocycles. The third-order valence-corrected chi connectivity index (χ3v) is 2.01. The first-order chi connectivity index (χ1) is 6.04. The zero-order valence-corrected chi connectivity index (χ0v) is 8.16.